The number of nitrogens with zero attached hydrogens (tertiary/aromatic N) is 3. The molecule has 1 aliphatic carbocycles. The smallest absolute Gasteiger partial charge is 0.148 e. The normalized spacial score (nSPS) is 14.3. The SMILES string of the molecule is CC1(C)CCC(C)(C)c2c1ccc(-c1nc3c(-c4[c-]c(-c5ccccn5)cc(-c5ccccc5)c4)cccc3n1-c1ccccc1-c1ccccc1)c2O.[Pt]. The van der Waals surface area contributed by atoms with E-state index in [2.05, 4.69) is 154 Å². The van der Waals surface area contributed by atoms with Crippen molar-refractivity contribution in [2.24, 2.45) is 0 Å². The van der Waals surface area contributed by atoms with Crippen LogP contribution >= 0.6 is 0 Å². The Morgan fingerprint density at radius 2 is 1.25 bits per heavy atom. The molecule has 6 aromatic carbocycles. The molecule has 4 nitrogen and oxygen atoms in total. The van der Waals surface area contributed by atoms with Gasteiger partial charge in [0, 0.05) is 44.1 Å². The molecule has 2 heterocycles. The number of aromatic nitrogens is 3. The number of aromatic hydroxyl groups is 1. The first-order valence-corrected chi connectivity index (χ1v) is 18.8. The van der Waals surface area contributed by atoms with Crippen molar-refractivity contribution in [2.45, 2.75) is 51.4 Å². The maximum absolute atomic E-state index is 12.5. The Morgan fingerprint density at radius 1 is 0.600 bits per heavy atom. The van der Waals surface area contributed by atoms with Crippen LogP contribution in [0.2, 0.25) is 0 Å². The monoisotopic (exact) mass is 895 g/mol. The predicted molar refractivity (Wildman–Crippen MR) is 222 cm³/mol. The van der Waals surface area contributed by atoms with Crippen molar-refractivity contribution < 1.29 is 26.2 Å². The van der Waals surface area contributed by atoms with E-state index >= 15 is 0 Å². The second-order valence-corrected chi connectivity index (χ2v) is 15.8. The Morgan fingerprint density at radius 3 is 2.00 bits per heavy atom. The van der Waals surface area contributed by atoms with E-state index in [-0.39, 0.29) is 31.9 Å². The Kier molecular flexibility index (Phi) is 9.43. The quantitative estimate of drug-likeness (QED) is 0.169. The fourth-order valence-electron chi connectivity index (χ4n) is 8.35. The summed E-state index contributed by atoms with van der Waals surface area (Å²) in [5.74, 6) is 1.01. The number of imidazole rings is 1. The first-order chi connectivity index (χ1) is 26.2. The molecule has 0 radical (unpaired) electrons. The molecule has 5 heteroatoms. The maximum atomic E-state index is 12.5. The fraction of sp³-hybridized carbons (Fsp3) is 0.160. The van der Waals surface area contributed by atoms with Crippen LogP contribution in [0.5, 0.6) is 5.75 Å². The first-order valence-electron chi connectivity index (χ1n) is 18.8. The van der Waals surface area contributed by atoms with Crippen LogP contribution in [0, 0.1) is 6.07 Å². The van der Waals surface area contributed by atoms with Crippen molar-refractivity contribution in [1.82, 2.24) is 14.5 Å². The molecule has 0 atom stereocenters. The number of hydrogen-bond acceptors (Lipinski definition) is 3. The fourth-order valence-corrected chi connectivity index (χ4v) is 8.35. The largest absolute Gasteiger partial charge is 0.507 e. The molecule has 2 aromatic heterocycles. The summed E-state index contributed by atoms with van der Waals surface area (Å²) in [7, 11) is 0. The van der Waals surface area contributed by atoms with Crippen molar-refractivity contribution in [3.8, 4) is 67.5 Å². The molecule has 0 saturated carbocycles. The van der Waals surface area contributed by atoms with Gasteiger partial charge in [-0.15, -0.1) is 23.8 Å². The van der Waals surface area contributed by atoms with Crippen LogP contribution in [-0.2, 0) is 31.9 Å². The number of fused-ring (bicyclic) bond motifs is 2. The minimum atomic E-state index is -0.191. The van der Waals surface area contributed by atoms with E-state index in [9.17, 15) is 5.11 Å². The number of hydrogen-bond donors (Lipinski definition) is 1. The molecular formula is C50H42N3OPt-. The van der Waals surface area contributed by atoms with E-state index in [1.54, 1.807) is 0 Å². The summed E-state index contributed by atoms with van der Waals surface area (Å²) in [5.41, 5.74) is 13.5. The molecule has 0 fully saturated rings. The zero-order valence-corrected chi connectivity index (χ0v) is 33.7. The number of phenols is 1. The van der Waals surface area contributed by atoms with E-state index < -0.39 is 0 Å². The van der Waals surface area contributed by atoms with Gasteiger partial charge in [0.25, 0.3) is 0 Å². The van der Waals surface area contributed by atoms with Gasteiger partial charge in [-0.1, -0.05) is 154 Å². The van der Waals surface area contributed by atoms with Crippen molar-refractivity contribution in [3.05, 3.63) is 169 Å². The molecule has 0 amide bonds. The topological polar surface area (TPSA) is 50.9 Å². The van der Waals surface area contributed by atoms with Crippen LogP contribution in [0.1, 0.15) is 51.7 Å². The summed E-state index contributed by atoms with van der Waals surface area (Å²) in [6.45, 7) is 9.09. The molecule has 274 valence electrons. The Balaban J connectivity index is 0.00000427. The van der Waals surface area contributed by atoms with Crippen LogP contribution in [-0.4, -0.2) is 19.6 Å². The van der Waals surface area contributed by atoms with Gasteiger partial charge in [-0.05, 0) is 64.6 Å². The minimum Gasteiger partial charge on any atom is -0.507 e. The zero-order valence-electron chi connectivity index (χ0n) is 31.5. The van der Waals surface area contributed by atoms with Gasteiger partial charge in [-0.25, -0.2) is 4.98 Å². The molecule has 1 N–H and O–H groups in total. The third kappa shape index (κ3) is 6.43. The summed E-state index contributed by atoms with van der Waals surface area (Å²) in [5, 5.41) is 12.5. The number of phenolic OH excluding ortho intramolecular Hbond substituents is 1. The minimum absolute atomic E-state index is 0. The van der Waals surface area contributed by atoms with Gasteiger partial charge in [-0.2, -0.15) is 0 Å². The average molecular weight is 896 g/mol. The first kappa shape index (κ1) is 36.4. The second-order valence-electron chi connectivity index (χ2n) is 15.8. The molecule has 0 saturated heterocycles. The Labute approximate surface area is 337 Å². The summed E-state index contributed by atoms with van der Waals surface area (Å²) in [6.07, 6.45) is 3.88. The van der Waals surface area contributed by atoms with Gasteiger partial charge >= 0.3 is 0 Å². The molecule has 8 aromatic rings. The summed E-state index contributed by atoms with van der Waals surface area (Å²) >= 11 is 0. The predicted octanol–water partition coefficient (Wildman–Crippen LogP) is 12.6. The summed E-state index contributed by atoms with van der Waals surface area (Å²) in [6, 6.07) is 54.2. The third-order valence-electron chi connectivity index (χ3n) is 11.3. The molecule has 0 aliphatic heterocycles. The molecule has 0 bridgehead atoms. The van der Waals surface area contributed by atoms with Crippen molar-refractivity contribution in [1.29, 1.82) is 0 Å². The maximum Gasteiger partial charge on any atom is 0.148 e. The second kappa shape index (κ2) is 14.3. The van der Waals surface area contributed by atoms with E-state index in [1.807, 2.05) is 36.5 Å². The van der Waals surface area contributed by atoms with Crippen LogP contribution in [0.4, 0.5) is 0 Å². The van der Waals surface area contributed by atoms with Gasteiger partial charge in [0.2, 0.25) is 0 Å². The van der Waals surface area contributed by atoms with Gasteiger partial charge < -0.3 is 5.11 Å². The van der Waals surface area contributed by atoms with Gasteiger partial charge in [0.15, 0.2) is 0 Å². The van der Waals surface area contributed by atoms with Crippen LogP contribution < -0.4 is 0 Å². The van der Waals surface area contributed by atoms with E-state index in [0.29, 0.717) is 11.6 Å². The van der Waals surface area contributed by atoms with Gasteiger partial charge in [0.1, 0.15) is 11.6 Å². The van der Waals surface area contributed by atoms with E-state index in [4.69, 9.17) is 9.97 Å². The summed E-state index contributed by atoms with van der Waals surface area (Å²) < 4.78 is 2.24. The zero-order chi connectivity index (χ0) is 37.0. The van der Waals surface area contributed by atoms with Crippen molar-refractivity contribution >= 4 is 11.0 Å². The molecular weight excluding hydrogens is 854 g/mol. The molecule has 0 spiro atoms. The van der Waals surface area contributed by atoms with E-state index in [0.717, 1.165) is 85.3 Å². The number of rotatable bonds is 6. The number of para-hydroxylation sites is 2. The number of benzene rings is 6. The Hall–Kier alpha value is -5.57. The summed E-state index contributed by atoms with van der Waals surface area (Å²) in [4.78, 5) is 10.2. The van der Waals surface area contributed by atoms with Crippen molar-refractivity contribution in [3.63, 3.8) is 0 Å². The molecule has 1 aliphatic rings. The molecule has 0 unspecified atom stereocenters. The number of pyridine rings is 1. The average Bonchev–Trinajstić information content (AvgIpc) is 3.60. The van der Waals surface area contributed by atoms with E-state index in [1.165, 1.54) is 5.56 Å². The van der Waals surface area contributed by atoms with Crippen LogP contribution in [0.3, 0.4) is 0 Å². The Bertz CT molecular complexity index is 2610. The van der Waals surface area contributed by atoms with Crippen LogP contribution in [0.15, 0.2) is 152 Å². The van der Waals surface area contributed by atoms with Crippen LogP contribution in [0.25, 0.3) is 72.7 Å². The van der Waals surface area contributed by atoms with Crippen molar-refractivity contribution in [2.75, 3.05) is 0 Å². The third-order valence-corrected chi connectivity index (χ3v) is 11.3. The van der Waals surface area contributed by atoms with Gasteiger partial charge in [-0.3, -0.25) is 9.55 Å². The molecule has 55 heavy (non-hydrogen) atoms. The van der Waals surface area contributed by atoms with Gasteiger partial charge in [0.05, 0.1) is 22.3 Å². The molecule has 9 rings (SSSR count). The standard InChI is InChI=1S/C50H42N3O.Pt/c1-49(2)27-28-50(3,4)45-41(49)26-25-40(47(45)54)48-52-46-39(21-15-24-44(46)53(48)43-23-12-11-20-38(43)34-18-9-6-10-19-34)36-30-35(33-16-7-5-8-17-33)31-37(32-36)42-22-13-14-29-51-42;/h5-26,29-31,54H,27-28H2,1-4H3;/q-1;.